The van der Waals surface area contributed by atoms with Gasteiger partial charge in [-0.1, -0.05) is 49.4 Å². The van der Waals surface area contributed by atoms with E-state index >= 15 is 0 Å². The van der Waals surface area contributed by atoms with Gasteiger partial charge in [0.2, 0.25) is 5.24 Å². The topological polar surface area (TPSA) is 72.8 Å². The van der Waals surface area contributed by atoms with Crippen LogP contribution in [0.15, 0.2) is 72.8 Å². The van der Waals surface area contributed by atoms with Crippen LogP contribution < -0.4 is 9.47 Å². The molecule has 0 bridgehead atoms. The Morgan fingerprint density at radius 3 is 1.74 bits per heavy atom. The van der Waals surface area contributed by atoms with Gasteiger partial charge < -0.3 is 14.6 Å². The molecule has 0 saturated heterocycles. The molecular formula is C28H26Cl2O5. The first-order chi connectivity index (χ1) is 16.6. The van der Waals surface area contributed by atoms with Crippen molar-refractivity contribution in [2.24, 2.45) is 0 Å². The summed E-state index contributed by atoms with van der Waals surface area (Å²) in [6.45, 7) is 3.28. The number of halogens is 2. The predicted octanol–water partition coefficient (Wildman–Crippen LogP) is 7.10. The summed E-state index contributed by atoms with van der Waals surface area (Å²) in [4.78, 5) is 20.8. The van der Waals surface area contributed by atoms with E-state index in [0.29, 0.717) is 5.56 Å². The van der Waals surface area contributed by atoms with E-state index in [2.05, 4.69) is 0 Å². The summed E-state index contributed by atoms with van der Waals surface area (Å²) in [5, 5.41) is 12.8. The van der Waals surface area contributed by atoms with Crippen molar-refractivity contribution in [3.63, 3.8) is 0 Å². The van der Waals surface area contributed by atoms with Crippen LogP contribution in [0.4, 0.5) is 0 Å². The van der Waals surface area contributed by atoms with E-state index in [1.807, 2.05) is 60.7 Å². The number of fused-ring (bicyclic) bond motifs is 2. The van der Waals surface area contributed by atoms with Crippen molar-refractivity contribution >= 4 is 56.0 Å². The second-order valence-electron chi connectivity index (χ2n) is 8.23. The lowest BCUT2D eigenvalue weighted by Gasteiger charge is -2.17. The molecule has 35 heavy (non-hydrogen) atoms. The fourth-order valence-electron chi connectivity index (χ4n) is 3.54. The van der Waals surface area contributed by atoms with Crippen LogP contribution in [0.3, 0.4) is 0 Å². The van der Waals surface area contributed by atoms with Gasteiger partial charge in [-0.2, -0.15) is 0 Å². The molecule has 1 N–H and O–H groups in total. The van der Waals surface area contributed by atoms with Crippen molar-refractivity contribution in [3.05, 3.63) is 83.9 Å². The number of methoxy groups -OCH3 is 2. The normalized spacial score (nSPS) is 13.3. The average Bonchev–Trinajstić information content (AvgIpc) is 2.87. The molecule has 0 heterocycles. The van der Waals surface area contributed by atoms with E-state index < -0.39 is 10.8 Å². The van der Waals surface area contributed by atoms with Crippen LogP contribution in [0.1, 0.15) is 30.9 Å². The molecule has 0 amide bonds. The van der Waals surface area contributed by atoms with Crippen LogP contribution in [0.25, 0.3) is 21.5 Å². The summed E-state index contributed by atoms with van der Waals surface area (Å²) in [5.41, 5.74) is 1.50. The van der Waals surface area contributed by atoms with Crippen molar-refractivity contribution in [3.8, 4) is 11.5 Å². The van der Waals surface area contributed by atoms with Gasteiger partial charge in [0, 0.05) is 0 Å². The molecule has 0 aliphatic carbocycles. The number of hydrogen-bond acceptors (Lipinski definition) is 4. The molecule has 182 valence electrons. The molecule has 4 rings (SSSR count). The van der Waals surface area contributed by atoms with Crippen LogP contribution in [-0.2, 0) is 14.5 Å². The molecule has 4 aromatic carbocycles. The standard InChI is InChI=1S/C14H13ClO3.C14H13ClO2/c1-14(15,13(16)17)11-5-3-10-8-12(18-2)6-4-9(10)7-11;1-9(14(15)16)10-3-4-12-8-13(17-2)6-5-11(12)7-10/h3-8H,1-2H3,(H,16,17);3-9H,1-2H3/t14-;/m1./s1. The van der Waals surface area contributed by atoms with Crippen LogP contribution in [-0.4, -0.2) is 30.5 Å². The van der Waals surface area contributed by atoms with Crippen molar-refractivity contribution < 1.29 is 24.2 Å². The van der Waals surface area contributed by atoms with E-state index in [1.54, 1.807) is 33.3 Å². The van der Waals surface area contributed by atoms with Crippen molar-refractivity contribution in [2.45, 2.75) is 24.6 Å². The second-order valence-corrected chi connectivity index (χ2v) is 9.36. The van der Waals surface area contributed by atoms with E-state index in [0.717, 1.165) is 38.6 Å². The SMILES string of the molecule is COc1ccc2cc(C(C)C(=O)Cl)ccc2c1.COc1ccc2cc([C@@](C)(Cl)C(=O)O)ccc2c1. The Morgan fingerprint density at radius 1 is 0.800 bits per heavy atom. The number of hydrogen-bond donors (Lipinski definition) is 1. The molecule has 0 spiro atoms. The molecule has 0 saturated carbocycles. The van der Waals surface area contributed by atoms with Crippen LogP contribution in [0.2, 0.25) is 0 Å². The van der Waals surface area contributed by atoms with E-state index in [1.165, 1.54) is 6.92 Å². The summed E-state index contributed by atoms with van der Waals surface area (Å²) in [7, 11) is 3.25. The van der Waals surface area contributed by atoms with E-state index in [4.69, 9.17) is 37.8 Å². The third kappa shape index (κ3) is 6.05. The van der Waals surface area contributed by atoms with Gasteiger partial charge in [-0.15, -0.1) is 11.6 Å². The number of carboxylic acid groups (broad SMARTS) is 1. The maximum atomic E-state index is 11.1. The third-order valence-corrected chi connectivity index (χ3v) is 6.61. The third-order valence-electron chi connectivity index (χ3n) is 5.90. The summed E-state index contributed by atoms with van der Waals surface area (Å²) in [6.07, 6.45) is 0. The zero-order valence-electron chi connectivity index (χ0n) is 19.8. The zero-order chi connectivity index (χ0) is 25.8. The maximum absolute atomic E-state index is 11.1. The average molecular weight is 513 g/mol. The Balaban J connectivity index is 0.000000196. The quantitative estimate of drug-likeness (QED) is 0.220. The van der Waals surface area contributed by atoms with Crippen LogP contribution in [0, 0.1) is 0 Å². The number of ether oxygens (including phenoxy) is 2. The van der Waals surface area contributed by atoms with Gasteiger partial charge in [-0.05, 0) is 81.5 Å². The van der Waals surface area contributed by atoms with Crippen LogP contribution >= 0.6 is 23.2 Å². The smallest absolute Gasteiger partial charge is 0.329 e. The molecule has 5 nitrogen and oxygen atoms in total. The minimum Gasteiger partial charge on any atom is -0.497 e. The molecule has 2 atom stereocenters. The Kier molecular flexibility index (Phi) is 8.26. The fraction of sp³-hybridized carbons (Fsp3) is 0.214. The molecule has 0 fully saturated rings. The van der Waals surface area contributed by atoms with Crippen molar-refractivity contribution in [2.75, 3.05) is 14.2 Å². The largest absolute Gasteiger partial charge is 0.497 e. The summed E-state index contributed by atoms with van der Waals surface area (Å²) in [5.74, 6) is 0.258. The molecule has 0 aromatic heterocycles. The predicted molar refractivity (Wildman–Crippen MR) is 141 cm³/mol. The highest BCUT2D eigenvalue weighted by atomic mass is 35.5. The minimum atomic E-state index is -1.41. The fourth-order valence-corrected chi connectivity index (χ4v) is 3.78. The molecule has 0 radical (unpaired) electrons. The number of alkyl halides is 1. The van der Waals surface area contributed by atoms with Gasteiger partial charge in [-0.25, -0.2) is 4.79 Å². The Labute approximate surface area is 214 Å². The molecular weight excluding hydrogens is 487 g/mol. The second kappa shape index (κ2) is 11.0. The summed E-state index contributed by atoms with van der Waals surface area (Å²) in [6, 6.07) is 22.7. The molecule has 0 aliphatic rings. The lowest BCUT2D eigenvalue weighted by atomic mass is 9.97. The highest BCUT2D eigenvalue weighted by Gasteiger charge is 2.32. The molecule has 4 aromatic rings. The van der Waals surface area contributed by atoms with Gasteiger partial charge in [0.05, 0.1) is 20.1 Å². The number of carboxylic acids is 1. The maximum Gasteiger partial charge on any atom is 0.329 e. The highest BCUT2D eigenvalue weighted by molar-refractivity contribution is 6.64. The molecule has 0 aliphatic heterocycles. The van der Waals surface area contributed by atoms with Gasteiger partial charge >= 0.3 is 5.97 Å². The Bertz CT molecular complexity index is 1380. The number of carbonyl (C=O) groups excluding carboxylic acids is 1. The molecule has 7 heteroatoms. The number of carbonyl (C=O) groups is 2. The van der Waals surface area contributed by atoms with E-state index in [-0.39, 0.29) is 11.2 Å². The minimum absolute atomic E-state index is 0.275. The lowest BCUT2D eigenvalue weighted by molar-refractivity contribution is -0.140. The van der Waals surface area contributed by atoms with Crippen molar-refractivity contribution in [1.29, 1.82) is 0 Å². The zero-order valence-corrected chi connectivity index (χ0v) is 21.4. The first-order valence-corrected chi connectivity index (χ1v) is 11.6. The summed E-state index contributed by atoms with van der Waals surface area (Å²) < 4.78 is 10.3. The number of benzene rings is 4. The van der Waals surface area contributed by atoms with Gasteiger partial charge in [0.1, 0.15) is 11.5 Å². The van der Waals surface area contributed by atoms with Crippen molar-refractivity contribution in [1.82, 2.24) is 0 Å². The number of rotatable bonds is 6. The van der Waals surface area contributed by atoms with Crippen LogP contribution in [0.5, 0.6) is 11.5 Å². The first kappa shape index (κ1) is 26.3. The number of aliphatic carboxylic acids is 1. The van der Waals surface area contributed by atoms with Gasteiger partial charge in [0.15, 0.2) is 4.87 Å². The Morgan fingerprint density at radius 2 is 1.26 bits per heavy atom. The van der Waals surface area contributed by atoms with Gasteiger partial charge in [-0.3, -0.25) is 4.79 Å². The molecule has 1 unspecified atom stereocenters. The van der Waals surface area contributed by atoms with Gasteiger partial charge in [0.25, 0.3) is 0 Å². The Hall–Kier alpha value is -3.28. The first-order valence-electron chi connectivity index (χ1n) is 10.8. The monoisotopic (exact) mass is 512 g/mol. The summed E-state index contributed by atoms with van der Waals surface area (Å²) >= 11 is 11.5. The highest BCUT2D eigenvalue weighted by Crippen LogP contribution is 2.32. The van der Waals surface area contributed by atoms with E-state index in [9.17, 15) is 9.59 Å². The lowest BCUT2D eigenvalue weighted by Crippen LogP contribution is -2.25.